The molecule has 0 saturated carbocycles. The maximum absolute atomic E-state index is 13.4. The summed E-state index contributed by atoms with van der Waals surface area (Å²) >= 11 is 0. The van der Waals surface area contributed by atoms with Crippen molar-refractivity contribution in [3.05, 3.63) is 0 Å². The molecule has 12 heteroatoms. The summed E-state index contributed by atoms with van der Waals surface area (Å²) in [4.78, 5) is 110. The smallest absolute Gasteiger partial charge is 0.223 e. The van der Waals surface area contributed by atoms with E-state index in [-0.39, 0.29) is 71.2 Å². The van der Waals surface area contributed by atoms with Gasteiger partial charge in [0, 0.05) is 103 Å². The highest BCUT2D eigenvalue weighted by molar-refractivity contribution is 5.88. The summed E-state index contributed by atoms with van der Waals surface area (Å²) in [6.07, 6.45) is 20.6. The SMILES string of the molecule is CCC(=O)CCCCCCC(=O)C(CCCCNC(=O)C(CCCCNC(=O)CCCCCNC(C)=O)CC(=O)CCCCCCC(C)=O)CC(=O)CCCCCCC(C)=O. The first kappa shape index (κ1) is 57.4. The third-order valence-corrected chi connectivity index (χ3v) is 11.3. The fourth-order valence-electron chi connectivity index (χ4n) is 7.47. The molecular weight excluding hydrogens is 775 g/mol. The van der Waals surface area contributed by atoms with Crippen molar-refractivity contribution in [3.8, 4) is 0 Å². The molecule has 0 rings (SSSR count). The molecular formula is C49H85N3O9. The van der Waals surface area contributed by atoms with Gasteiger partial charge in [-0.15, -0.1) is 0 Å². The second-order valence-electron chi connectivity index (χ2n) is 17.3. The van der Waals surface area contributed by atoms with Gasteiger partial charge in [0.15, 0.2) is 0 Å². The van der Waals surface area contributed by atoms with Gasteiger partial charge in [-0.2, -0.15) is 0 Å². The number of hydrogen-bond donors (Lipinski definition) is 3. The number of hydrogen-bond acceptors (Lipinski definition) is 9. The van der Waals surface area contributed by atoms with Crippen molar-refractivity contribution in [2.45, 2.75) is 227 Å². The molecule has 0 aliphatic carbocycles. The molecule has 0 saturated heterocycles. The average molecular weight is 860 g/mol. The van der Waals surface area contributed by atoms with Crippen molar-refractivity contribution in [3.63, 3.8) is 0 Å². The molecule has 0 aromatic rings. The van der Waals surface area contributed by atoms with Gasteiger partial charge in [0.05, 0.1) is 0 Å². The Labute approximate surface area is 368 Å². The van der Waals surface area contributed by atoms with Crippen molar-refractivity contribution >= 4 is 52.4 Å². The lowest BCUT2D eigenvalue weighted by Crippen LogP contribution is -2.33. The van der Waals surface area contributed by atoms with Crippen LogP contribution in [0.1, 0.15) is 227 Å². The van der Waals surface area contributed by atoms with E-state index in [0.29, 0.717) is 110 Å². The van der Waals surface area contributed by atoms with Gasteiger partial charge in [0.25, 0.3) is 0 Å². The Morgan fingerprint density at radius 3 is 1.28 bits per heavy atom. The second kappa shape index (κ2) is 39.3. The summed E-state index contributed by atoms with van der Waals surface area (Å²) in [5.74, 6) is -0.209. The van der Waals surface area contributed by atoms with Crippen LogP contribution >= 0.6 is 0 Å². The lowest BCUT2D eigenvalue weighted by atomic mass is 9.88. The molecule has 12 nitrogen and oxygen atoms in total. The minimum atomic E-state index is -0.473. The molecule has 0 spiro atoms. The van der Waals surface area contributed by atoms with E-state index in [2.05, 4.69) is 16.0 Å². The van der Waals surface area contributed by atoms with Crippen LogP contribution in [0.5, 0.6) is 0 Å². The Kier molecular flexibility index (Phi) is 37.0. The molecule has 0 aliphatic heterocycles. The predicted octanol–water partition coefficient (Wildman–Crippen LogP) is 9.15. The fourth-order valence-corrected chi connectivity index (χ4v) is 7.47. The highest BCUT2D eigenvalue weighted by Crippen LogP contribution is 2.21. The average Bonchev–Trinajstić information content (AvgIpc) is 3.21. The Hall–Kier alpha value is -3.57. The van der Waals surface area contributed by atoms with Crippen LogP contribution in [0.3, 0.4) is 0 Å². The molecule has 0 aromatic carbocycles. The van der Waals surface area contributed by atoms with Crippen LogP contribution in [0.4, 0.5) is 0 Å². The Morgan fingerprint density at radius 1 is 0.377 bits per heavy atom. The predicted molar refractivity (Wildman–Crippen MR) is 242 cm³/mol. The van der Waals surface area contributed by atoms with Crippen molar-refractivity contribution in [1.82, 2.24) is 16.0 Å². The normalized spacial score (nSPS) is 12.0. The van der Waals surface area contributed by atoms with E-state index in [9.17, 15) is 43.2 Å². The summed E-state index contributed by atoms with van der Waals surface area (Å²) in [6.45, 7) is 8.04. The number of nitrogens with one attached hydrogen (secondary N) is 3. The molecule has 0 radical (unpaired) electrons. The molecule has 0 aromatic heterocycles. The lowest BCUT2D eigenvalue weighted by Gasteiger charge is -2.18. The number of unbranched alkanes of at least 4 members (excludes halogenated alkanes) is 13. The van der Waals surface area contributed by atoms with Gasteiger partial charge in [-0.1, -0.05) is 64.7 Å². The maximum Gasteiger partial charge on any atom is 0.223 e. The summed E-state index contributed by atoms with van der Waals surface area (Å²) < 4.78 is 0. The van der Waals surface area contributed by atoms with Gasteiger partial charge < -0.3 is 25.5 Å². The second-order valence-corrected chi connectivity index (χ2v) is 17.3. The van der Waals surface area contributed by atoms with E-state index < -0.39 is 5.92 Å². The maximum atomic E-state index is 13.4. The summed E-state index contributed by atoms with van der Waals surface area (Å²) in [6, 6.07) is 0. The minimum Gasteiger partial charge on any atom is -0.356 e. The van der Waals surface area contributed by atoms with Crippen LogP contribution in [0.25, 0.3) is 0 Å². The van der Waals surface area contributed by atoms with Crippen LogP contribution in [0.2, 0.25) is 0 Å². The molecule has 0 fully saturated rings. The van der Waals surface area contributed by atoms with Gasteiger partial charge in [0.1, 0.15) is 34.7 Å². The monoisotopic (exact) mass is 860 g/mol. The van der Waals surface area contributed by atoms with Crippen molar-refractivity contribution in [1.29, 1.82) is 0 Å². The Balaban J connectivity index is 5.08. The van der Waals surface area contributed by atoms with Crippen LogP contribution in [0.15, 0.2) is 0 Å². The molecule has 0 aliphatic rings. The number of carbonyl (C=O) groups is 9. The third-order valence-electron chi connectivity index (χ3n) is 11.3. The van der Waals surface area contributed by atoms with Gasteiger partial charge in [0.2, 0.25) is 17.7 Å². The molecule has 0 bridgehead atoms. The molecule has 3 amide bonds. The molecule has 0 heterocycles. The molecule has 350 valence electrons. The van der Waals surface area contributed by atoms with Gasteiger partial charge in [-0.3, -0.25) is 33.6 Å². The van der Waals surface area contributed by atoms with Crippen molar-refractivity contribution in [2.24, 2.45) is 11.8 Å². The standard InChI is InChI=1S/C49H85N3O9/c1-5-44(56)29-15-10-11-18-32-47(59)42(37-45(57)30-16-8-6-13-25-39(2)53)27-20-24-36-52-49(61)43(38-46(58)31-17-9-7-14-26-40(3)54)28-21-23-35-51-48(60)33-19-12-22-34-50-41(4)55/h42-43H,5-38H2,1-4H3,(H,50,55)(H,51,60)(H,52,61). The van der Waals surface area contributed by atoms with E-state index in [4.69, 9.17) is 0 Å². The van der Waals surface area contributed by atoms with Crippen LogP contribution in [0, 0.1) is 11.8 Å². The van der Waals surface area contributed by atoms with E-state index in [0.717, 1.165) is 96.3 Å². The quantitative estimate of drug-likeness (QED) is 0.0502. The number of amides is 3. The van der Waals surface area contributed by atoms with Crippen LogP contribution in [-0.4, -0.2) is 72.1 Å². The first-order valence-electron chi connectivity index (χ1n) is 24.1. The van der Waals surface area contributed by atoms with Gasteiger partial charge >= 0.3 is 0 Å². The van der Waals surface area contributed by atoms with Crippen molar-refractivity contribution < 1.29 is 43.2 Å². The zero-order valence-electron chi connectivity index (χ0n) is 38.9. The zero-order chi connectivity index (χ0) is 45.5. The zero-order valence-corrected chi connectivity index (χ0v) is 38.9. The largest absolute Gasteiger partial charge is 0.356 e. The Bertz CT molecular complexity index is 1300. The molecule has 3 N–H and O–H groups in total. The van der Waals surface area contributed by atoms with E-state index >= 15 is 0 Å². The van der Waals surface area contributed by atoms with E-state index in [1.807, 2.05) is 6.92 Å². The van der Waals surface area contributed by atoms with Gasteiger partial charge in [-0.05, 0) is 90.9 Å². The van der Waals surface area contributed by atoms with E-state index in [1.165, 1.54) is 6.92 Å². The number of rotatable bonds is 44. The molecule has 2 unspecified atom stereocenters. The molecule has 61 heavy (non-hydrogen) atoms. The van der Waals surface area contributed by atoms with Crippen LogP contribution in [-0.2, 0) is 43.2 Å². The van der Waals surface area contributed by atoms with Crippen LogP contribution < -0.4 is 16.0 Å². The van der Waals surface area contributed by atoms with E-state index in [1.54, 1.807) is 13.8 Å². The molecule has 2 atom stereocenters. The number of Topliss-reactive ketones (excluding diaryl/α,β-unsaturated/α-hetero) is 6. The topological polar surface area (TPSA) is 190 Å². The first-order chi connectivity index (χ1) is 29.2. The summed E-state index contributed by atoms with van der Waals surface area (Å²) in [7, 11) is 0. The lowest BCUT2D eigenvalue weighted by molar-refractivity contribution is -0.129. The van der Waals surface area contributed by atoms with Gasteiger partial charge in [-0.25, -0.2) is 0 Å². The number of ketones is 6. The number of carbonyl (C=O) groups excluding carboxylic acids is 9. The summed E-state index contributed by atoms with van der Waals surface area (Å²) in [5.41, 5.74) is 0. The van der Waals surface area contributed by atoms with Crippen molar-refractivity contribution in [2.75, 3.05) is 19.6 Å². The Morgan fingerprint density at radius 2 is 0.770 bits per heavy atom. The first-order valence-corrected chi connectivity index (χ1v) is 24.1. The minimum absolute atomic E-state index is 0.0189. The highest BCUT2D eigenvalue weighted by Gasteiger charge is 2.23. The summed E-state index contributed by atoms with van der Waals surface area (Å²) in [5, 5.41) is 8.73. The third kappa shape index (κ3) is 37.9. The fraction of sp³-hybridized carbons (Fsp3) is 0.816. The highest BCUT2D eigenvalue weighted by atomic mass is 16.2.